The van der Waals surface area contributed by atoms with Crippen LogP contribution in [0.5, 0.6) is 0 Å². The van der Waals surface area contributed by atoms with E-state index in [2.05, 4.69) is 4.98 Å². The number of carboxylic acids is 2. The molecule has 0 saturated heterocycles. The zero-order valence-corrected chi connectivity index (χ0v) is 11.6. The third-order valence-corrected chi connectivity index (χ3v) is 3.48. The lowest BCUT2D eigenvalue weighted by molar-refractivity contribution is 0.0691. The van der Waals surface area contributed by atoms with Crippen LogP contribution >= 0.6 is 0 Å². The molecule has 22 heavy (non-hydrogen) atoms. The Kier molecular flexibility index (Phi) is 3.14. The van der Waals surface area contributed by atoms with Crippen molar-refractivity contribution in [1.82, 2.24) is 9.38 Å². The second-order valence-electron chi connectivity index (χ2n) is 4.85. The van der Waals surface area contributed by atoms with Gasteiger partial charge in [-0.1, -0.05) is 24.3 Å². The van der Waals surface area contributed by atoms with E-state index < -0.39 is 11.9 Å². The van der Waals surface area contributed by atoms with Crippen molar-refractivity contribution in [3.05, 3.63) is 59.4 Å². The van der Waals surface area contributed by atoms with Crippen molar-refractivity contribution in [2.45, 2.75) is 6.92 Å². The Hall–Kier alpha value is -3.15. The van der Waals surface area contributed by atoms with Crippen LogP contribution < -0.4 is 0 Å². The summed E-state index contributed by atoms with van der Waals surface area (Å²) in [5, 5.41) is 18.6. The van der Waals surface area contributed by atoms with Crippen LogP contribution in [0.1, 0.15) is 26.4 Å². The highest BCUT2D eigenvalue weighted by Crippen LogP contribution is 2.27. The number of pyridine rings is 1. The molecule has 3 rings (SSSR count). The highest BCUT2D eigenvalue weighted by molar-refractivity contribution is 6.04. The molecular weight excluding hydrogens is 284 g/mol. The van der Waals surface area contributed by atoms with Crippen LogP contribution in [0.25, 0.3) is 16.9 Å². The highest BCUT2D eigenvalue weighted by atomic mass is 16.4. The standard InChI is InChI=1S/C16H12N2O4/c1-9-5-2-3-6-10(9)14-17-12(16(21)22)13-11(15(19)20)7-4-8-18(13)14/h2-8H,1H3,(H,19,20)(H,21,22). The van der Waals surface area contributed by atoms with E-state index in [0.29, 0.717) is 5.82 Å². The van der Waals surface area contributed by atoms with Gasteiger partial charge in [0, 0.05) is 11.8 Å². The van der Waals surface area contributed by atoms with Crippen LogP contribution in [0.2, 0.25) is 0 Å². The molecule has 2 N–H and O–H groups in total. The number of carboxylic acid groups (broad SMARTS) is 2. The molecule has 0 saturated carbocycles. The van der Waals surface area contributed by atoms with Gasteiger partial charge in [-0.3, -0.25) is 4.40 Å². The van der Waals surface area contributed by atoms with Gasteiger partial charge in [-0.15, -0.1) is 0 Å². The maximum absolute atomic E-state index is 11.5. The predicted molar refractivity (Wildman–Crippen MR) is 79.3 cm³/mol. The molecule has 3 aromatic rings. The Morgan fingerprint density at radius 2 is 1.77 bits per heavy atom. The molecule has 0 aliphatic carbocycles. The van der Waals surface area contributed by atoms with Gasteiger partial charge in [0.2, 0.25) is 0 Å². The number of nitrogens with zero attached hydrogens (tertiary/aromatic N) is 2. The van der Waals surface area contributed by atoms with Gasteiger partial charge < -0.3 is 10.2 Å². The highest BCUT2D eigenvalue weighted by Gasteiger charge is 2.23. The summed E-state index contributed by atoms with van der Waals surface area (Å²) in [6.07, 6.45) is 1.61. The minimum absolute atomic E-state index is 0.0840. The van der Waals surface area contributed by atoms with E-state index in [1.54, 1.807) is 12.3 Å². The second kappa shape index (κ2) is 5.00. The van der Waals surface area contributed by atoms with Crippen LogP contribution in [0, 0.1) is 6.92 Å². The van der Waals surface area contributed by atoms with Crippen LogP contribution in [-0.2, 0) is 0 Å². The van der Waals surface area contributed by atoms with Crippen molar-refractivity contribution in [2.75, 3.05) is 0 Å². The maximum atomic E-state index is 11.5. The molecule has 0 unspecified atom stereocenters. The number of imidazole rings is 1. The minimum atomic E-state index is -1.26. The fraction of sp³-hybridized carbons (Fsp3) is 0.0625. The van der Waals surface area contributed by atoms with E-state index in [-0.39, 0.29) is 16.8 Å². The third kappa shape index (κ3) is 2.01. The van der Waals surface area contributed by atoms with E-state index >= 15 is 0 Å². The van der Waals surface area contributed by atoms with Crippen molar-refractivity contribution in [1.29, 1.82) is 0 Å². The number of benzene rings is 1. The maximum Gasteiger partial charge on any atom is 0.356 e. The topological polar surface area (TPSA) is 91.9 Å². The first-order chi connectivity index (χ1) is 10.5. The summed E-state index contributed by atoms with van der Waals surface area (Å²) >= 11 is 0. The van der Waals surface area contributed by atoms with Crippen molar-refractivity contribution in [2.24, 2.45) is 0 Å². The van der Waals surface area contributed by atoms with Gasteiger partial charge in [0.1, 0.15) is 5.82 Å². The summed E-state index contributed by atoms with van der Waals surface area (Å²) in [4.78, 5) is 27.0. The monoisotopic (exact) mass is 296 g/mol. The molecule has 0 aliphatic heterocycles. The quantitative estimate of drug-likeness (QED) is 0.775. The first-order valence-electron chi connectivity index (χ1n) is 6.54. The van der Waals surface area contributed by atoms with E-state index in [0.717, 1.165) is 11.1 Å². The molecule has 0 bridgehead atoms. The summed E-state index contributed by atoms with van der Waals surface area (Å²) < 4.78 is 1.51. The molecule has 0 fully saturated rings. The lowest BCUT2D eigenvalue weighted by atomic mass is 10.1. The summed E-state index contributed by atoms with van der Waals surface area (Å²) in [6.45, 7) is 1.89. The first kappa shape index (κ1) is 13.8. The number of fused-ring (bicyclic) bond motifs is 1. The summed E-state index contributed by atoms with van der Waals surface area (Å²) in [5.74, 6) is -2.04. The molecule has 1 aromatic carbocycles. The average molecular weight is 296 g/mol. The smallest absolute Gasteiger partial charge is 0.356 e. The number of aromatic carboxylic acids is 2. The van der Waals surface area contributed by atoms with Gasteiger partial charge in [-0.05, 0) is 24.6 Å². The van der Waals surface area contributed by atoms with E-state index in [1.807, 2.05) is 31.2 Å². The molecule has 0 amide bonds. The van der Waals surface area contributed by atoms with Crippen molar-refractivity contribution in [3.8, 4) is 11.4 Å². The Balaban J connectivity index is 2.44. The van der Waals surface area contributed by atoms with Crippen molar-refractivity contribution in [3.63, 3.8) is 0 Å². The molecule has 0 spiro atoms. The minimum Gasteiger partial charge on any atom is -0.478 e. The number of aryl methyl sites for hydroxylation is 1. The fourth-order valence-corrected chi connectivity index (χ4v) is 2.47. The molecule has 110 valence electrons. The lowest BCUT2D eigenvalue weighted by Crippen LogP contribution is -2.04. The Morgan fingerprint density at radius 1 is 1.05 bits per heavy atom. The van der Waals surface area contributed by atoms with Crippen LogP contribution in [0.15, 0.2) is 42.6 Å². The number of rotatable bonds is 3. The number of aromatic nitrogens is 2. The largest absolute Gasteiger partial charge is 0.478 e. The Labute approximate surface area is 125 Å². The van der Waals surface area contributed by atoms with Crippen LogP contribution in [-0.4, -0.2) is 31.5 Å². The number of hydrogen-bond acceptors (Lipinski definition) is 3. The molecule has 0 radical (unpaired) electrons. The van der Waals surface area contributed by atoms with Gasteiger partial charge in [-0.25, -0.2) is 14.6 Å². The van der Waals surface area contributed by atoms with Gasteiger partial charge >= 0.3 is 11.9 Å². The molecule has 2 aromatic heterocycles. The molecular formula is C16H12N2O4. The van der Waals surface area contributed by atoms with Gasteiger partial charge in [-0.2, -0.15) is 0 Å². The SMILES string of the molecule is Cc1ccccc1-c1nc(C(=O)O)c2c(C(=O)O)cccn12. The third-order valence-electron chi connectivity index (χ3n) is 3.48. The molecule has 6 nitrogen and oxygen atoms in total. The van der Waals surface area contributed by atoms with Gasteiger partial charge in [0.25, 0.3) is 0 Å². The fourth-order valence-electron chi connectivity index (χ4n) is 2.47. The summed E-state index contributed by atoms with van der Waals surface area (Å²) in [7, 11) is 0. The predicted octanol–water partition coefficient (Wildman–Crippen LogP) is 2.71. The zero-order valence-electron chi connectivity index (χ0n) is 11.6. The zero-order chi connectivity index (χ0) is 15.9. The Morgan fingerprint density at radius 3 is 2.41 bits per heavy atom. The van der Waals surface area contributed by atoms with E-state index in [1.165, 1.54) is 10.5 Å². The van der Waals surface area contributed by atoms with Crippen LogP contribution in [0.3, 0.4) is 0 Å². The number of carbonyl (C=O) groups is 2. The molecule has 2 heterocycles. The molecule has 0 aliphatic rings. The second-order valence-corrected chi connectivity index (χ2v) is 4.85. The van der Waals surface area contributed by atoms with E-state index in [4.69, 9.17) is 0 Å². The summed E-state index contributed by atoms with van der Waals surface area (Å²) in [5.41, 5.74) is 1.41. The first-order valence-corrected chi connectivity index (χ1v) is 6.54. The van der Waals surface area contributed by atoms with Crippen LogP contribution in [0.4, 0.5) is 0 Å². The lowest BCUT2D eigenvalue weighted by Gasteiger charge is -2.05. The van der Waals surface area contributed by atoms with E-state index in [9.17, 15) is 19.8 Å². The van der Waals surface area contributed by atoms with Crippen molar-refractivity contribution >= 4 is 17.5 Å². The Bertz CT molecular complexity index is 912. The van der Waals surface area contributed by atoms with Gasteiger partial charge in [0.15, 0.2) is 5.69 Å². The number of hydrogen-bond donors (Lipinski definition) is 2. The average Bonchev–Trinajstić information content (AvgIpc) is 2.87. The molecule has 6 heteroatoms. The normalized spacial score (nSPS) is 10.8. The van der Waals surface area contributed by atoms with Gasteiger partial charge in [0.05, 0.1) is 11.1 Å². The summed E-state index contributed by atoms with van der Waals surface area (Å²) in [6, 6.07) is 10.3. The van der Waals surface area contributed by atoms with Crippen molar-refractivity contribution < 1.29 is 19.8 Å². The molecule has 0 atom stereocenters.